The average molecular weight is 407 g/mol. The van der Waals surface area contributed by atoms with Crippen molar-refractivity contribution in [3.05, 3.63) is 28.8 Å². The second-order valence-electron chi connectivity index (χ2n) is 5.59. The minimum atomic E-state index is -4.76. The maximum absolute atomic E-state index is 13.0. The molecule has 4 amide bonds. The van der Waals surface area contributed by atoms with Crippen molar-refractivity contribution in [3.8, 4) is 0 Å². The van der Waals surface area contributed by atoms with Crippen LogP contribution >= 0.6 is 11.6 Å². The molecule has 0 radical (unpaired) electrons. The number of rotatable bonds is 5. The van der Waals surface area contributed by atoms with Crippen molar-refractivity contribution in [2.24, 2.45) is 0 Å². The molecular weight excluding hydrogens is 393 g/mol. The fourth-order valence-electron chi connectivity index (χ4n) is 2.30. The first-order valence-electron chi connectivity index (χ1n) is 7.53. The molecule has 146 valence electrons. The third-order valence-corrected chi connectivity index (χ3v) is 3.87. The van der Waals surface area contributed by atoms with Gasteiger partial charge in [-0.15, -0.1) is 0 Å². The Hall–Kier alpha value is -2.66. The molecule has 0 spiro atoms. The number of halogens is 4. The number of carbonyl (C=O) groups is 4. The SMILES string of the molecule is CC(=O)NCC(=O)NNC1CC(=O)N(c2ccc(Cl)c(C(F)(F)F)c2)C1=O. The lowest BCUT2D eigenvalue weighted by Gasteiger charge is -2.18. The minimum absolute atomic E-state index is 0.282. The van der Waals surface area contributed by atoms with Gasteiger partial charge in [0.1, 0.15) is 6.04 Å². The van der Waals surface area contributed by atoms with Gasteiger partial charge in [-0.3, -0.25) is 24.6 Å². The Morgan fingerprint density at radius 2 is 1.96 bits per heavy atom. The number of carbonyl (C=O) groups excluding carboxylic acids is 4. The van der Waals surface area contributed by atoms with Gasteiger partial charge in [0.05, 0.1) is 29.2 Å². The van der Waals surface area contributed by atoms with Crippen molar-refractivity contribution in [2.75, 3.05) is 11.4 Å². The van der Waals surface area contributed by atoms with Crippen LogP contribution in [0.1, 0.15) is 18.9 Å². The summed E-state index contributed by atoms with van der Waals surface area (Å²) < 4.78 is 38.9. The predicted octanol–water partition coefficient (Wildman–Crippen LogP) is 0.748. The highest BCUT2D eigenvalue weighted by Crippen LogP contribution is 2.37. The molecule has 0 saturated carbocycles. The quantitative estimate of drug-likeness (QED) is 0.494. The minimum Gasteiger partial charge on any atom is -0.347 e. The summed E-state index contributed by atoms with van der Waals surface area (Å²) in [6, 6.07) is 1.50. The van der Waals surface area contributed by atoms with E-state index in [0.717, 1.165) is 12.1 Å². The van der Waals surface area contributed by atoms with E-state index in [1.54, 1.807) is 0 Å². The summed E-state index contributed by atoms with van der Waals surface area (Å²) in [5.41, 5.74) is 3.01. The molecule has 0 aliphatic carbocycles. The molecule has 1 atom stereocenters. The summed E-state index contributed by atoms with van der Waals surface area (Å²) in [5, 5.41) is 1.66. The Morgan fingerprint density at radius 1 is 1.30 bits per heavy atom. The summed E-state index contributed by atoms with van der Waals surface area (Å²) in [7, 11) is 0. The number of nitrogens with one attached hydrogen (secondary N) is 3. The number of benzene rings is 1. The molecule has 8 nitrogen and oxygen atoms in total. The third-order valence-electron chi connectivity index (χ3n) is 3.54. The number of hydrazine groups is 1. The Morgan fingerprint density at radius 3 is 2.56 bits per heavy atom. The van der Waals surface area contributed by atoms with E-state index in [1.807, 2.05) is 0 Å². The lowest BCUT2D eigenvalue weighted by atomic mass is 10.2. The largest absolute Gasteiger partial charge is 0.417 e. The zero-order chi connectivity index (χ0) is 20.4. The second kappa shape index (κ2) is 7.92. The Labute approximate surface area is 156 Å². The highest BCUT2D eigenvalue weighted by molar-refractivity contribution is 6.31. The number of nitrogens with zero attached hydrogens (tertiary/aromatic N) is 1. The fraction of sp³-hybridized carbons (Fsp3) is 0.333. The van der Waals surface area contributed by atoms with Crippen LogP contribution < -0.4 is 21.1 Å². The van der Waals surface area contributed by atoms with Gasteiger partial charge >= 0.3 is 6.18 Å². The van der Waals surface area contributed by atoms with Crippen molar-refractivity contribution in [1.82, 2.24) is 16.2 Å². The standard InChI is InChI=1S/C15H14ClF3N4O4/c1-7(24)20-6-12(25)22-21-11-5-13(26)23(14(11)27)8-2-3-10(16)9(4-8)15(17,18)19/h2-4,11,21H,5-6H2,1H3,(H,20,24)(H,22,25). The zero-order valence-corrected chi connectivity index (χ0v) is 14.6. The summed E-state index contributed by atoms with van der Waals surface area (Å²) in [5.74, 6) is -2.69. The maximum atomic E-state index is 13.0. The highest BCUT2D eigenvalue weighted by Gasteiger charge is 2.41. The topological polar surface area (TPSA) is 108 Å². The molecule has 3 N–H and O–H groups in total. The van der Waals surface area contributed by atoms with E-state index in [9.17, 15) is 32.3 Å². The molecule has 1 fully saturated rings. The lowest BCUT2D eigenvalue weighted by molar-refractivity contribution is -0.137. The summed E-state index contributed by atoms with van der Waals surface area (Å²) in [4.78, 5) is 47.2. The fourth-order valence-corrected chi connectivity index (χ4v) is 2.53. The van der Waals surface area contributed by atoms with E-state index >= 15 is 0 Å². The first-order chi connectivity index (χ1) is 12.5. The Bertz CT molecular complexity index is 800. The molecule has 0 bridgehead atoms. The molecule has 1 aromatic carbocycles. The maximum Gasteiger partial charge on any atom is 0.417 e. The van der Waals surface area contributed by atoms with Gasteiger partial charge in [-0.2, -0.15) is 13.2 Å². The molecule has 1 saturated heterocycles. The van der Waals surface area contributed by atoms with Crippen LogP contribution in [0.4, 0.5) is 18.9 Å². The summed E-state index contributed by atoms with van der Waals surface area (Å²) >= 11 is 5.53. The first kappa shape index (κ1) is 20.6. The first-order valence-corrected chi connectivity index (χ1v) is 7.91. The summed E-state index contributed by atoms with van der Waals surface area (Å²) in [6.45, 7) is 0.853. The summed E-state index contributed by atoms with van der Waals surface area (Å²) in [6.07, 6.45) is -5.13. The second-order valence-corrected chi connectivity index (χ2v) is 6.00. The number of hydrogen-bond acceptors (Lipinski definition) is 5. The molecule has 1 heterocycles. The van der Waals surface area contributed by atoms with E-state index in [4.69, 9.17) is 11.6 Å². The van der Waals surface area contributed by atoms with Gasteiger partial charge in [-0.25, -0.2) is 10.3 Å². The van der Waals surface area contributed by atoms with Gasteiger partial charge in [-0.1, -0.05) is 11.6 Å². The molecule has 0 aromatic heterocycles. The number of alkyl halides is 3. The molecule has 1 aliphatic rings. The van der Waals surface area contributed by atoms with Crippen LogP contribution in [0.3, 0.4) is 0 Å². The average Bonchev–Trinajstić information content (AvgIpc) is 2.84. The van der Waals surface area contributed by atoms with Gasteiger partial charge < -0.3 is 5.32 Å². The highest BCUT2D eigenvalue weighted by atomic mass is 35.5. The molecule has 27 heavy (non-hydrogen) atoms. The van der Waals surface area contributed by atoms with E-state index in [0.29, 0.717) is 11.0 Å². The molecule has 2 rings (SSSR count). The van der Waals surface area contributed by atoms with Crippen molar-refractivity contribution in [3.63, 3.8) is 0 Å². The third kappa shape index (κ3) is 4.95. The molecule has 12 heteroatoms. The molecular formula is C15H14ClF3N4O4. The number of amides is 4. The normalized spacial score (nSPS) is 17.2. The lowest BCUT2D eigenvalue weighted by Crippen LogP contribution is -2.50. The molecule has 1 aromatic rings. The molecule has 1 aliphatic heterocycles. The van der Waals surface area contributed by atoms with Crippen LogP contribution in [-0.2, 0) is 25.4 Å². The van der Waals surface area contributed by atoms with E-state index in [-0.39, 0.29) is 18.7 Å². The van der Waals surface area contributed by atoms with Gasteiger partial charge in [0.15, 0.2) is 0 Å². The Kier molecular flexibility index (Phi) is 6.06. The van der Waals surface area contributed by atoms with Crippen LogP contribution in [-0.4, -0.2) is 36.2 Å². The number of hydrogen-bond donors (Lipinski definition) is 3. The van der Waals surface area contributed by atoms with Crippen LogP contribution in [0.2, 0.25) is 5.02 Å². The van der Waals surface area contributed by atoms with Gasteiger partial charge in [0.2, 0.25) is 11.8 Å². The van der Waals surface area contributed by atoms with Crippen molar-refractivity contribution in [1.29, 1.82) is 0 Å². The van der Waals surface area contributed by atoms with Crippen molar-refractivity contribution >= 4 is 40.9 Å². The van der Waals surface area contributed by atoms with Gasteiger partial charge in [0.25, 0.3) is 11.8 Å². The Balaban J connectivity index is 2.10. The van der Waals surface area contributed by atoms with Crippen LogP contribution in [0.5, 0.6) is 0 Å². The number of imide groups is 1. The van der Waals surface area contributed by atoms with Crippen LogP contribution in [0, 0.1) is 0 Å². The predicted molar refractivity (Wildman–Crippen MR) is 87.3 cm³/mol. The van der Waals surface area contributed by atoms with E-state index in [2.05, 4.69) is 16.2 Å². The monoisotopic (exact) mass is 406 g/mol. The molecule has 1 unspecified atom stereocenters. The number of anilines is 1. The van der Waals surface area contributed by atoms with Crippen LogP contribution in [0.15, 0.2) is 18.2 Å². The smallest absolute Gasteiger partial charge is 0.347 e. The van der Waals surface area contributed by atoms with Crippen molar-refractivity contribution < 1.29 is 32.3 Å². The van der Waals surface area contributed by atoms with E-state index in [1.165, 1.54) is 6.92 Å². The van der Waals surface area contributed by atoms with Crippen LogP contribution in [0.25, 0.3) is 0 Å². The van der Waals surface area contributed by atoms with Gasteiger partial charge in [-0.05, 0) is 18.2 Å². The van der Waals surface area contributed by atoms with Gasteiger partial charge in [0, 0.05) is 6.92 Å². The van der Waals surface area contributed by atoms with Crippen molar-refractivity contribution in [2.45, 2.75) is 25.6 Å². The zero-order valence-electron chi connectivity index (χ0n) is 13.8. The van der Waals surface area contributed by atoms with E-state index < -0.39 is 46.4 Å².